The Balaban J connectivity index is 1.71. The van der Waals surface area contributed by atoms with Crippen LogP contribution in [0.4, 0.5) is 0 Å². The SMILES string of the molecule is CCOC(=O)c1c(CN(CC)Cc2nc3ccccc3c(=O)[nH]2)nc2ccccc2c1C. The Morgan fingerprint density at radius 1 is 0.969 bits per heavy atom. The molecule has 4 rings (SSSR count). The summed E-state index contributed by atoms with van der Waals surface area (Å²) < 4.78 is 5.34. The lowest BCUT2D eigenvalue weighted by Crippen LogP contribution is -2.27. The normalized spacial score (nSPS) is 11.4. The number of nitrogens with zero attached hydrogens (tertiary/aromatic N) is 3. The third kappa shape index (κ3) is 4.24. The monoisotopic (exact) mass is 430 g/mol. The highest BCUT2D eigenvalue weighted by molar-refractivity contribution is 5.98. The van der Waals surface area contributed by atoms with Crippen LogP contribution in [0.1, 0.15) is 41.3 Å². The van der Waals surface area contributed by atoms with E-state index in [0.717, 1.165) is 16.5 Å². The van der Waals surface area contributed by atoms with Crippen LogP contribution in [-0.4, -0.2) is 39.0 Å². The molecule has 1 N–H and O–H groups in total. The minimum absolute atomic E-state index is 0.159. The third-order valence-corrected chi connectivity index (χ3v) is 5.56. The van der Waals surface area contributed by atoms with Crippen molar-refractivity contribution in [2.45, 2.75) is 33.9 Å². The first kappa shape index (κ1) is 21.6. The fourth-order valence-corrected chi connectivity index (χ4v) is 3.94. The Morgan fingerprint density at radius 3 is 2.31 bits per heavy atom. The molecule has 0 radical (unpaired) electrons. The molecule has 0 aliphatic carbocycles. The molecule has 0 fully saturated rings. The highest BCUT2D eigenvalue weighted by atomic mass is 16.5. The van der Waals surface area contributed by atoms with Crippen molar-refractivity contribution < 1.29 is 9.53 Å². The maximum absolute atomic E-state index is 12.8. The van der Waals surface area contributed by atoms with Crippen molar-refractivity contribution in [1.29, 1.82) is 0 Å². The molecular formula is C25H26N4O3. The van der Waals surface area contributed by atoms with Crippen LogP contribution in [0.25, 0.3) is 21.8 Å². The summed E-state index contributed by atoms with van der Waals surface area (Å²) in [5, 5.41) is 1.50. The van der Waals surface area contributed by atoms with Crippen LogP contribution in [0.5, 0.6) is 0 Å². The average molecular weight is 431 g/mol. The van der Waals surface area contributed by atoms with Crippen LogP contribution < -0.4 is 5.56 Å². The molecule has 0 bridgehead atoms. The smallest absolute Gasteiger partial charge is 0.340 e. The van der Waals surface area contributed by atoms with E-state index in [1.54, 1.807) is 13.0 Å². The van der Waals surface area contributed by atoms with Gasteiger partial charge in [-0.05, 0) is 44.2 Å². The molecular weight excluding hydrogens is 404 g/mol. The Labute approximate surface area is 186 Å². The van der Waals surface area contributed by atoms with Gasteiger partial charge < -0.3 is 9.72 Å². The highest BCUT2D eigenvalue weighted by Gasteiger charge is 2.21. The standard InChI is InChI=1S/C25H26N4O3/c1-4-29(15-22-27-20-13-9-7-11-18(20)24(30)28-22)14-21-23(25(31)32-5-2)16(3)17-10-6-8-12-19(17)26-21/h6-13H,4-5,14-15H2,1-3H3,(H,27,28,30). The summed E-state index contributed by atoms with van der Waals surface area (Å²) in [6.07, 6.45) is 0. The number of nitrogens with one attached hydrogen (secondary N) is 1. The largest absolute Gasteiger partial charge is 0.462 e. The number of hydrogen-bond acceptors (Lipinski definition) is 6. The van der Waals surface area contributed by atoms with Crippen LogP contribution in [0.3, 0.4) is 0 Å². The number of fused-ring (bicyclic) bond motifs is 2. The number of carbonyl (C=O) groups excluding carboxylic acids is 1. The number of ether oxygens (including phenoxy) is 1. The van der Waals surface area contributed by atoms with Crippen LogP contribution in [0.2, 0.25) is 0 Å². The molecule has 0 saturated carbocycles. The van der Waals surface area contributed by atoms with Gasteiger partial charge in [-0.15, -0.1) is 0 Å². The van der Waals surface area contributed by atoms with Crippen LogP contribution in [0.15, 0.2) is 53.3 Å². The molecule has 7 heteroatoms. The van der Waals surface area contributed by atoms with Gasteiger partial charge in [-0.1, -0.05) is 37.3 Å². The third-order valence-electron chi connectivity index (χ3n) is 5.56. The molecule has 0 unspecified atom stereocenters. The first-order chi connectivity index (χ1) is 15.5. The van der Waals surface area contributed by atoms with E-state index >= 15 is 0 Å². The average Bonchev–Trinajstić information content (AvgIpc) is 2.79. The molecule has 2 aromatic carbocycles. The summed E-state index contributed by atoms with van der Waals surface area (Å²) in [7, 11) is 0. The van der Waals surface area contributed by atoms with E-state index in [2.05, 4.69) is 14.9 Å². The highest BCUT2D eigenvalue weighted by Crippen LogP contribution is 2.25. The van der Waals surface area contributed by atoms with Gasteiger partial charge in [0.1, 0.15) is 5.82 Å². The summed E-state index contributed by atoms with van der Waals surface area (Å²) in [5.41, 5.74) is 3.36. The number of rotatable bonds is 7. The maximum Gasteiger partial charge on any atom is 0.340 e. The van der Waals surface area contributed by atoms with Gasteiger partial charge in [-0.25, -0.2) is 9.78 Å². The Kier molecular flexibility index (Phi) is 6.28. The number of hydrogen-bond donors (Lipinski definition) is 1. The predicted octanol–water partition coefficient (Wildman–Crippen LogP) is 3.98. The van der Waals surface area contributed by atoms with Crippen molar-refractivity contribution >= 4 is 27.8 Å². The molecule has 2 aromatic heterocycles. The van der Waals surface area contributed by atoms with E-state index in [9.17, 15) is 9.59 Å². The molecule has 4 aromatic rings. The Bertz CT molecular complexity index is 1350. The van der Waals surface area contributed by atoms with Gasteiger partial charge in [0.15, 0.2) is 0 Å². The van der Waals surface area contributed by atoms with Crippen molar-refractivity contribution in [2.75, 3.05) is 13.2 Å². The second kappa shape index (κ2) is 9.28. The lowest BCUT2D eigenvalue weighted by molar-refractivity contribution is 0.0522. The number of aromatic nitrogens is 3. The fraction of sp³-hybridized carbons (Fsp3) is 0.280. The lowest BCUT2D eigenvalue weighted by atomic mass is 10.0. The minimum atomic E-state index is -0.369. The zero-order chi connectivity index (χ0) is 22.7. The fourth-order valence-electron chi connectivity index (χ4n) is 3.94. The number of para-hydroxylation sites is 2. The van der Waals surface area contributed by atoms with Gasteiger partial charge in [0.05, 0.1) is 40.8 Å². The van der Waals surface area contributed by atoms with E-state index in [-0.39, 0.29) is 11.5 Å². The topological polar surface area (TPSA) is 88.2 Å². The van der Waals surface area contributed by atoms with E-state index < -0.39 is 0 Å². The maximum atomic E-state index is 12.8. The Hall–Kier alpha value is -3.58. The summed E-state index contributed by atoms with van der Waals surface area (Å²) in [5.74, 6) is 0.206. The summed E-state index contributed by atoms with van der Waals surface area (Å²) in [6, 6.07) is 15.1. The zero-order valence-electron chi connectivity index (χ0n) is 18.5. The van der Waals surface area contributed by atoms with Crippen LogP contribution >= 0.6 is 0 Å². The molecule has 0 aliphatic rings. The molecule has 164 valence electrons. The number of esters is 1. The summed E-state index contributed by atoms with van der Waals surface area (Å²) in [6.45, 7) is 7.58. The number of aryl methyl sites for hydroxylation is 1. The minimum Gasteiger partial charge on any atom is -0.462 e. The van der Waals surface area contributed by atoms with Crippen molar-refractivity contribution in [3.8, 4) is 0 Å². The second-order valence-electron chi connectivity index (χ2n) is 7.63. The number of carbonyl (C=O) groups is 1. The first-order valence-electron chi connectivity index (χ1n) is 10.8. The molecule has 0 aliphatic heterocycles. The van der Waals surface area contributed by atoms with Gasteiger partial charge in [-0.2, -0.15) is 0 Å². The van der Waals surface area contributed by atoms with E-state index in [4.69, 9.17) is 9.72 Å². The van der Waals surface area contributed by atoms with Gasteiger partial charge in [0.25, 0.3) is 5.56 Å². The van der Waals surface area contributed by atoms with Crippen molar-refractivity contribution in [3.63, 3.8) is 0 Å². The lowest BCUT2D eigenvalue weighted by Gasteiger charge is -2.22. The van der Waals surface area contributed by atoms with Crippen molar-refractivity contribution in [2.24, 2.45) is 0 Å². The summed E-state index contributed by atoms with van der Waals surface area (Å²) in [4.78, 5) is 39.6. The molecule has 2 heterocycles. The quantitative estimate of drug-likeness (QED) is 0.446. The molecule has 0 saturated heterocycles. The number of aromatic amines is 1. The molecule has 0 atom stereocenters. The molecule has 7 nitrogen and oxygen atoms in total. The number of pyridine rings is 1. The summed E-state index contributed by atoms with van der Waals surface area (Å²) >= 11 is 0. The first-order valence-corrected chi connectivity index (χ1v) is 10.8. The second-order valence-corrected chi connectivity index (χ2v) is 7.63. The predicted molar refractivity (Wildman–Crippen MR) is 125 cm³/mol. The van der Waals surface area contributed by atoms with E-state index in [1.807, 2.05) is 56.3 Å². The molecule has 0 spiro atoms. The van der Waals surface area contributed by atoms with Crippen LogP contribution in [0, 0.1) is 6.92 Å². The number of benzene rings is 2. The van der Waals surface area contributed by atoms with Crippen molar-refractivity contribution in [3.05, 3.63) is 81.5 Å². The van der Waals surface area contributed by atoms with Gasteiger partial charge in [0.2, 0.25) is 0 Å². The Morgan fingerprint density at radius 2 is 1.62 bits per heavy atom. The van der Waals surface area contributed by atoms with Crippen molar-refractivity contribution in [1.82, 2.24) is 19.9 Å². The van der Waals surface area contributed by atoms with E-state index in [0.29, 0.717) is 54.2 Å². The van der Waals surface area contributed by atoms with Crippen LogP contribution in [-0.2, 0) is 17.8 Å². The molecule has 32 heavy (non-hydrogen) atoms. The van der Waals surface area contributed by atoms with Gasteiger partial charge in [-0.3, -0.25) is 14.7 Å². The van der Waals surface area contributed by atoms with E-state index in [1.165, 1.54) is 0 Å². The van der Waals surface area contributed by atoms with Gasteiger partial charge in [0, 0.05) is 11.9 Å². The zero-order valence-corrected chi connectivity index (χ0v) is 18.5. The number of H-pyrrole nitrogens is 1. The molecule has 0 amide bonds. The van der Waals surface area contributed by atoms with Gasteiger partial charge >= 0.3 is 5.97 Å².